The number of nitrogens with zero attached hydrogens (tertiary/aromatic N) is 1. The predicted octanol–water partition coefficient (Wildman–Crippen LogP) is 0.455. The minimum Gasteiger partial charge on any atom is -0.454 e. The Balaban J connectivity index is 2.02. The second-order valence-corrected chi connectivity index (χ2v) is 5.53. The summed E-state index contributed by atoms with van der Waals surface area (Å²) in [4.78, 5) is 48.2. The molecular formula is C17H21N3O6. The first-order valence-corrected chi connectivity index (χ1v) is 8.19. The van der Waals surface area contributed by atoms with Gasteiger partial charge in [0, 0.05) is 6.61 Å². The van der Waals surface area contributed by atoms with Crippen molar-refractivity contribution >= 4 is 23.8 Å². The molecule has 1 aliphatic heterocycles. The normalized spacial score (nSPS) is 19.2. The summed E-state index contributed by atoms with van der Waals surface area (Å²) in [5.74, 6) is -2.13. The summed E-state index contributed by atoms with van der Waals surface area (Å²) in [6.07, 6.45) is 0.303. The predicted molar refractivity (Wildman–Crippen MR) is 89.4 cm³/mol. The Morgan fingerprint density at radius 2 is 1.85 bits per heavy atom. The van der Waals surface area contributed by atoms with Gasteiger partial charge in [0.1, 0.15) is 12.1 Å². The van der Waals surface area contributed by atoms with E-state index >= 15 is 0 Å². The van der Waals surface area contributed by atoms with Crippen LogP contribution < -0.4 is 10.7 Å². The fourth-order valence-electron chi connectivity index (χ4n) is 2.57. The number of nitrogens with one attached hydrogen (secondary N) is 2. The zero-order chi connectivity index (χ0) is 19.2. The fourth-order valence-corrected chi connectivity index (χ4v) is 2.57. The van der Waals surface area contributed by atoms with Crippen LogP contribution in [0.2, 0.25) is 0 Å². The maximum absolute atomic E-state index is 12.8. The van der Waals surface area contributed by atoms with Crippen molar-refractivity contribution in [2.75, 3.05) is 19.8 Å². The summed E-state index contributed by atoms with van der Waals surface area (Å²) in [5.41, 5.74) is 1.52. The first-order valence-electron chi connectivity index (χ1n) is 8.19. The summed E-state index contributed by atoms with van der Waals surface area (Å²) >= 11 is 0. The third-order valence-electron chi connectivity index (χ3n) is 3.91. The van der Waals surface area contributed by atoms with E-state index in [0.717, 1.165) is 0 Å². The average molecular weight is 363 g/mol. The number of benzene rings is 1. The van der Waals surface area contributed by atoms with Gasteiger partial charge in [-0.3, -0.25) is 15.0 Å². The molecule has 1 aromatic carbocycles. The largest absolute Gasteiger partial charge is 0.454 e. The number of rotatable bonds is 8. The van der Waals surface area contributed by atoms with Crippen LogP contribution >= 0.6 is 0 Å². The molecule has 0 bridgehead atoms. The van der Waals surface area contributed by atoms with E-state index in [4.69, 9.17) is 9.47 Å². The SMILES string of the molecule is CCOCC(=O)OCC(=O)NN1C(=O)N[C@@](CC)(c2ccccc2)C1=O. The van der Waals surface area contributed by atoms with Crippen LogP contribution in [0.4, 0.5) is 4.79 Å². The molecule has 1 heterocycles. The highest BCUT2D eigenvalue weighted by Crippen LogP contribution is 2.31. The van der Waals surface area contributed by atoms with Gasteiger partial charge in [0.25, 0.3) is 11.8 Å². The summed E-state index contributed by atoms with van der Waals surface area (Å²) in [6.45, 7) is 2.89. The highest BCUT2D eigenvalue weighted by atomic mass is 16.6. The topological polar surface area (TPSA) is 114 Å². The van der Waals surface area contributed by atoms with Crippen molar-refractivity contribution in [2.45, 2.75) is 25.8 Å². The quantitative estimate of drug-likeness (QED) is 0.512. The van der Waals surface area contributed by atoms with Crippen LogP contribution in [0.5, 0.6) is 0 Å². The Labute approximate surface area is 150 Å². The number of amides is 4. The lowest BCUT2D eigenvalue weighted by Crippen LogP contribution is -2.49. The first-order chi connectivity index (χ1) is 12.4. The number of ether oxygens (including phenoxy) is 2. The molecule has 1 atom stereocenters. The van der Waals surface area contributed by atoms with Crippen molar-refractivity contribution < 1.29 is 28.7 Å². The second kappa shape index (κ2) is 8.43. The van der Waals surface area contributed by atoms with Gasteiger partial charge in [-0.05, 0) is 18.9 Å². The molecule has 2 rings (SSSR count). The smallest absolute Gasteiger partial charge is 0.344 e. The van der Waals surface area contributed by atoms with Gasteiger partial charge in [0.15, 0.2) is 6.61 Å². The molecule has 0 unspecified atom stereocenters. The molecule has 1 aliphatic rings. The number of imide groups is 1. The van der Waals surface area contributed by atoms with Crippen LogP contribution in [0.1, 0.15) is 25.8 Å². The number of hydrazine groups is 1. The molecule has 26 heavy (non-hydrogen) atoms. The molecule has 2 N–H and O–H groups in total. The van der Waals surface area contributed by atoms with Gasteiger partial charge in [0.05, 0.1) is 0 Å². The lowest BCUT2D eigenvalue weighted by Gasteiger charge is -2.25. The number of urea groups is 1. The first kappa shape index (κ1) is 19.4. The highest BCUT2D eigenvalue weighted by molar-refractivity contribution is 6.08. The van der Waals surface area contributed by atoms with E-state index in [1.807, 2.05) is 0 Å². The Bertz CT molecular complexity index is 693. The number of hydrogen-bond acceptors (Lipinski definition) is 6. The number of carbonyl (C=O) groups is 4. The zero-order valence-corrected chi connectivity index (χ0v) is 14.6. The van der Waals surface area contributed by atoms with Gasteiger partial charge in [-0.15, -0.1) is 0 Å². The van der Waals surface area contributed by atoms with E-state index in [-0.39, 0.29) is 6.61 Å². The van der Waals surface area contributed by atoms with E-state index in [2.05, 4.69) is 10.7 Å². The lowest BCUT2D eigenvalue weighted by molar-refractivity contribution is -0.154. The third-order valence-corrected chi connectivity index (χ3v) is 3.91. The van der Waals surface area contributed by atoms with Gasteiger partial charge < -0.3 is 14.8 Å². The van der Waals surface area contributed by atoms with Crippen LogP contribution in [0.15, 0.2) is 30.3 Å². The monoisotopic (exact) mass is 363 g/mol. The highest BCUT2D eigenvalue weighted by Gasteiger charge is 2.52. The van der Waals surface area contributed by atoms with Gasteiger partial charge in [-0.2, -0.15) is 5.01 Å². The molecule has 9 heteroatoms. The summed E-state index contributed by atoms with van der Waals surface area (Å²) in [7, 11) is 0. The molecule has 140 valence electrons. The Morgan fingerprint density at radius 1 is 1.15 bits per heavy atom. The standard InChI is InChI=1S/C17H21N3O6/c1-3-17(12-8-6-5-7-9-12)15(23)20(16(24)18-17)19-13(21)10-26-14(22)11-25-4-2/h5-9H,3-4,10-11H2,1-2H3,(H,18,24)(H,19,21)/t17-/m0/s1. The molecule has 0 spiro atoms. The van der Waals surface area contributed by atoms with Gasteiger partial charge >= 0.3 is 12.0 Å². The van der Waals surface area contributed by atoms with Crippen molar-refractivity contribution in [1.29, 1.82) is 0 Å². The van der Waals surface area contributed by atoms with Gasteiger partial charge in [0.2, 0.25) is 0 Å². The number of carbonyl (C=O) groups excluding carboxylic acids is 4. The van der Waals surface area contributed by atoms with Crippen LogP contribution in [-0.4, -0.2) is 48.6 Å². The van der Waals surface area contributed by atoms with E-state index < -0.39 is 36.0 Å². The van der Waals surface area contributed by atoms with Gasteiger partial charge in [-0.1, -0.05) is 37.3 Å². The maximum atomic E-state index is 12.8. The molecule has 0 aromatic heterocycles. The van der Waals surface area contributed by atoms with E-state index in [1.165, 1.54) is 0 Å². The Kier molecular flexibility index (Phi) is 6.29. The average Bonchev–Trinajstić information content (AvgIpc) is 2.90. The van der Waals surface area contributed by atoms with Crippen LogP contribution in [0, 0.1) is 0 Å². The minimum atomic E-state index is -1.25. The fraction of sp³-hybridized carbons (Fsp3) is 0.412. The van der Waals surface area contributed by atoms with E-state index in [0.29, 0.717) is 23.6 Å². The van der Waals surface area contributed by atoms with Crippen LogP contribution in [0.3, 0.4) is 0 Å². The zero-order valence-electron chi connectivity index (χ0n) is 14.6. The molecule has 0 saturated carbocycles. The third kappa shape index (κ3) is 3.99. The van der Waals surface area contributed by atoms with Crippen molar-refractivity contribution in [3.05, 3.63) is 35.9 Å². The van der Waals surface area contributed by atoms with Crippen LogP contribution in [-0.2, 0) is 29.4 Å². The lowest BCUT2D eigenvalue weighted by atomic mass is 9.87. The Morgan fingerprint density at radius 3 is 2.46 bits per heavy atom. The summed E-state index contributed by atoms with van der Waals surface area (Å²) in [6, 6.07) is 8.00. The summed E-state index contributed by atoms with van der Waals surface area (Å²) in [5, 5.41) is 3.23. The van der Waals surface area contributed by atoms with Crippen molar-refractivity contribution in [1.82, 2.24) is 15.8 Å². The molecule has 0 radical (unpaired) electrons. The number of hydrogen-bond donors (Lipinski definition) is 2. The molecule has 9 nitrogen and oxygen atoms in total. The molecule has 1 saturated heterocycles. The molecule has 0 aliphatic carbocycles. The van der Waals surface area contributed by atoms with Crippen molar-refractivity contribution in [3.63, 3.8) is 0 Å². The number of esters is 1. The van der Waals surface area contributed by atoms with E-state index in [9.17, 15) is 19.2 Å². The minimum absolute atomic E-state index is 0.278. The van der Waals surface area contributed by atoms with Gasteiger partial charge in [-0.25, -0.2) is 9.59 Å². The molecule has 1 fully saturated rings. The molecule has 1 aromatic rings. The van der Waals surface area contributed by atoms with E-state index in [1.54, 1.807) is 44.2 Å². The molecular weight excluding hydrogens is 342 g/mol. The summed E-state index contributed by atoms with van der Waals surface area (Å²) < 4.78 is 9.56. The maximum Gasteiger partial charge on any atom is 0.344 e. The molecule has 4 amide bonds. The van der Waals surface area contributed by atoms with Crippen LogP contribution in [0.25, 0.3) is 0 Å². The second-order valence-electron chi connectivity index (χ2n) is 5.53. The Hall–Kier alpha value is -2.94. The van der Waals surface area contributed by atoms with Crippen molar-refractivity contribution in [2.24, 2.45) is 0 Å². The van der Waals surface area contributed by atoms with Crippen molar-refractivity contribution in [3.8, 4) is 0 Å².